The predicted molar refractivity (Wildman–Crippen MR) is 76.7 cm³/mol. The van der Waals surface area contributed by atoms with Gasteiger partial charge in [0.25, 0.3) is 0 Å². The summed E-state index contributed by atoms with van der Waals surface area (Å²) in [5.74, 6) is 0. The van der Waals surface area contributed by atoms with Crippen LogP contribution in [-0.4, -0.2) is 0 Å². The Morgan fingerprint density at radius 2 is 1.82 bits per heavy atom. The van der Waals surface area contributed by atoms with Crippen molar-refractivity contribution < 1.29 is 8.76 Å². The number of halogens is 2. The lowest BCUT2D eigenvalue weighted by atomic mass is 10.1. The third kappa shape index (κ3) is 1.85. The van der Waals surface area contributed by atoms with Gasteiger partial charge in [-0.3, -0.25) is 0 Å². The molecule has 0 bridgehead atoms. The molecule has 0 radical (unpaired) electrons. The van der Waals surface area contributed by atoms with E-state index in [9.17, 15) is 4.57 Å². The third-order valence-corrected chi connectivity index (χ3v) is 4.75. The fraction of sp³-hybridized carbons (Fsp3) is 0. The minimum absolute atomic E-state index is 0.646. The Bertz CT molecular complexity index is 795. The average Bonchev–Trinajstić information content (AvgIpc) is 2.31. The molecule has 3 rings (SSSR count). The lowest BCUT2D eigenvalue weighted by molar-refractivity contribution is 0.563. The summed E-state index contributed by atoms with van der Waals surface area (Å²) in [6.07, 6.45) is 0. The molecule has 2 nitrogen and oxygen atoms in total. The maximum Gasteiger partial charge on any atom is 0.597 e. The monoisotopic (exact) mass is 371 g/mol. The van der Waals surface area contributed by atoms with E-state index < -0.39 is 7.65 Å². The molecular weight excluding hydrogens is 367 g/mol. The Morgan fingerprint density at radius 3 is 2.65 bits per heavy atom. The van der Waals surface area contributed by atoms with Crippen LogP contribution in [0.3, 0.4) is 0 Å². The summed E-state index contributed by atoms with van der Waals surface area (Å²) in [4.78, 5) is 0. The SMILES string of the molecule is O=[p+]1oc2c(Br)cc(Br)cc2c2ccccc21. The highest BCUT2D eigenvalue weighted by Gasteiger charge is 2.18. The second-order valence-electron chi connectivity index (χ2n) is 3.63. The molecule has 0 saturated carbocycles. The molecule has 0 fully saturated rings. The van der Waals surface area contributed by atoms with Gasteiger partial charge in [0.2, 0.25) is 10.7 Å². The van der Waals surface area contributed by atoms with Crippen molar-refractivity contribution >= 4 is 61.0 Å². The highest BCUT2D eigenvalue weighted by Crippen LogP contribution is 2.39. The molecule has 0 aliphatic carbocycles. The van der Waals surface area contributed by atoms with E-state index in [0.717, 1.165) is 24.8 Å². The van der Waals surface area contributed by atoms with Crippen molar-refractivity contribution in [1.82, 2.24) is 0 Å². The molecule has 84 valence electrons. The number of hydrogen-bond donors (Lipinski definition) is 0. The Hall–Kier alpha value is -0.700. The summed E-state index contributed by atoms with van der Waals surface area (Å²) in [6.45, 7) is 0. The van der Waals surface area contributed by atoms with E-state index in [-0.39, 0.29) is 0 Å². The number of fused-ring (bicyclic) bond motifs is 3. The van der Waals surface area contributed by atoms with Crippen LogP contribution in [0.15, 0.2) is 49.5 Å². The maximum atomic E-state index is 12.0. The topological polar surface area (TPSA) is 30.2 Å². The zero-order valence-electron chi connectivity index (χ0n) is 8.48. The van der Waals surface area contributed by atoms with Gasteiger partial charge in [-0.05, 0) is 44.8 Å². The second-order valence-corrected chi connectivity index (χ2v) is 6.58. The molecule has 0 aliphatic rings. The Morgan fingerprint density at radius 1 is 1.06 bits per heavy atom. The first-order valence-corrected chi connectivity index (χ1v) is 7.67. The zero-order valence-corrected chi connectivity index (χ0v) is 12.6. The Balaban J connectivity index is 2.68. The van der Waals surface area contributed by atoms with Crippen LogP contribution in [0.4, 0.5) is 0 Å². The smallest absolute Gasteiger partial charge is 0.248 e. The molecule has 0 aliphatic heterocycles. The van der Waals surface area contributed by atoms with E-state index in [4.69, 9.17) is 4.20 Å². The number of rotatable bonds is 0. The molecule has 17 heavy (non-hydrogen) atoms. The van der Waals surface area contributed by atoms with Gasteiger partial charge in [-0.15, -0.1) is 0 Å². The van der Waals surface area contributed by atoms with Crippen molar-refractivity contribution in [2.24, 2.45) is 0 Å². The number of benzene rings is 2. The molecule has 0 spiro atoms. The molecule has 3 aromatic rings. The van der Waals surface area contributed by atoms with E-state index in [1.807, 2.05) is 36.4 Å². The minimum atomic E-state index is -1.82. The molecule has 1 aromatic heterocycles. The van der Waals surface area contributed by atoms with Crippen LogP contribution < -0.4 is 0 Å². The van der Waals surface area contributed by atoms with Crippen molar-refractivity contribution in [1.29, 1.82) is 0 Å². The lowest BCUT2D eigenvalue weighted by Crippen LogP contribution is -1.77. The second kappa shape index (κ2) is 4.20. The highest BCUT2D eigenvalue weighted by molar-refractivity contribution is 9.11. The van der Waals surface area contributed by atoms with E-state index in [2.05, 4.69) is 31.9 Å². The average molecular weight is 373 g/mol. The van der Waals surface area contributed by atoms with Gasteiger partial charge >= 0.3 is 7.65 Å². The van der Waals surface area contributed by atoms with Crippen LogP contribution in [0.25, 0.3) is 21.5 Å². The summed E-state index contributed by atoms with van der Waals surface area (Å²) >= 11 is 6.88. The summed E-state index contributed by atoms with van der Waals surface area (Å²) in [6, 6.07) is 11.5. The van der Waals surface area contributed by atoms with Gasteiger partial charge < -0.3 is 0 Å². The van der Waals surface area contributed by atoms with Crippen LogP contribution in [0.1, 0.15) is 0 Å². The van der Waals surface area contributed by atoms with Gasteiger partial charge in [-0.25, -0.2) is 4.20 Å². The molecule has 1 unspecified atom stereocenters. The molecule has 1 heterocycles. The summed E-state index contributed by atoms with van der Waals surface area (Å²) in [5.41, 5.74) is 0.646. The molecule has 0 saturated heterocycles. The summed E-state index contributed by atoms with van der Waals surface area (Å²) in [5, 5.41) is 2.67. The quantitative estimate of drug-likeness (QED) is 0.463. The maximum absolute atomic E-state index is 12.0. The van der Waals surface area contributed by atoms with Crippen molar-refractivity contribution in [3.8, 4) is 0 Å². The normalized spacial score (nSPS) is 12.2. The Labute approximate surface area is 115 Å². The van der Waals surface area contributed by atoms with Gasteiger partial charge in [0.1, 0.15) is 0 Å². The van der Waals surface area contributed by atoms with Gasteiger partial charge in [0, 0.05) is 15.2 Å². The molecular formula is C12H6Br2O2P+. The minimum Gasteiger partial charge on any atom is -0.248 e. The highest BCUT2D eigenvalue weighted by atomic mass is 79.9. The van der Waals surface area contributed by atoms with E-state index in [1.165, 1.54) is 0 Å². The van der Waals surface area contributed by atoms with Crippen LogP contribution in [0, 0.1) is 0 Å². The first-order valence-electron chi connectivity index (χ1n) is 4.90. The van der Waals surface area contributed by atoms with E-state index in [1.54, 1.807) is 0 Å². The van der Waals surface area contributed by atoms with E-state index >= 15 is 0 Å². The fourth-order valence-corrected chi connectivity index (χ4v) is 4.34. The molecule has 1 atom stereocenters. The van der Waals surface area contributed by atoms with Crippen molar-refractivity contribution in [3.63, 3.8) is 0 Å². The molecule has 0 amide bonds. The number of hydrogen-bond acceptors (Lipinski definition) is 2. The summed E-state index contributed by atoms with van der Waals surface area (Å²) in [7, 11) is -1.82. The van der Waals surface area contributed by atoms with Gasteiger partial charge in [-0.1, -0.05) is 28.1 Å². The largest absolute Gasteiger partial charge is 0.597 e. The molecule has 2 aromatic carbocycles. The zero-order chi connectivity index (χ0) is 12.0. The third-order valence-electron chi connectivity index (χ3n) is 2.57. The van der Waals surface area contributed by atoms with E-state index in [0.29, 0.717) is 5.58 Å². The van der Waals surface area contributed by atoms with Gasteiger partial charge in [0.15, 0.2) is 0 Å². The summed E-state index contributed by atoms with van der Waals surface area (Å²) < 4.78 is 19.2. The standard InChI is InChI=1S/C12H6Br2O2P/c13-7-5-9-8-3-1-2-4-11(8)17(15)16-12(9)10(14)6-7/h1-6H/q+1. The van der Waals surface area contributed by atoms with Gasteiger partial charge in [-0.2, -0.15) is 0 Å². The van der Waals surface area contributed by atoms with Crippen LogP contribution in [0.5, 0.6) is 0 Å². The predicted octanol–water partition coefficient (Wildman–Crippen LogP) is 5.85. The van der Waals surface area contributed by atoms with Crippen LogP contribution in [0.2, 0.25) is 0 Å². The fourth-order valence-electron chi connectivity index (χ4n) is 1.85. The molecule has 5 heteroatoms. The first-order chi connectivity index (χ1) is 8.16. The van der Waals surface area contributed by atoms with Gasteiger partial charge in [0.05, 0.1) is 4.47 Å². The Kier molecular flexibility index (Phi) is 2.81. The van der Waals surface area contributed by atoms with Crippen LogP contribution >= 0.6 is 39.5 Å². The van der Waals surface area contributed by atoms with Crippen molar-refractivity contribution in [2.75, 3.05) is 0 Å². The van der Waals surface area contributed by atoms with Crippen molar-refractivity contribution in [2.45, 2.75) is 0 Å². The first kappa shape index (κ1) is 11.4. The van der Waals surface area contributed by atoms with Crippen LogP contribution in [-0.2, 0) is 4.57 Å². The molecule has 0 N–H and O–H groups in total. The van der Waals surface area contributed by atoms with Crippen molar-refractivity contribution in [3.05, 3.63) is 45.3 Å². The lowest BCUT2D eigenvalue weighted by Gasteiger charge is -1.99.